The maximum atomic E-state index is 14.0. The zero-order valence-corrected chi connectivity index (χ0v) is 26.8. The van der Waals surface area contributed by atoms with Crippen molar-refractivity contribution in [1.82, 2.24) is 0 Å². The van der Waals surface area contributed by atoms with Crippen LogP contribution in [0.4, 0.5) is 0 Å². The predicted molar refractivity (Wildman–Crippen MR) is 147 cm³/mol. The summed E-state index contributed by atoms with van der Waals surface area (Å²) in [6, 6.07) is 0. The predicted octanol–water partition coefficient (Wildman–Crippen LogP) is 6.07. The monoisotopic (exact) mass is 568 g/mol. The van der Waals surface area contributed by atoms with Crippen LogP contribution in [0.25, 0.3) is 0 Å². The molecule has 0 aliphatic rings. The van der Waals surface area contributed by atoms with Gasteiger partial charge in [-0.1, -0.05) is 52.4 Å². The van der Waals surface area contributed by atoms with Crippen molar-refractivity contribution in [3.05, 3.63) is 0 Å². The quantitative estimate of drug-likeness (QED) is 0.0733. The highest BCUT2D eigenvalue weighted by atomic mass is 28.4. The topological polar surface area (TPSA) is 100 Å². The van der Waals surface area contributed by atoms with Crippen LogP contribution in [0.15, 0.2) is 0 Å². The zero-order valence-electron chi connectivity index (χ0n) is 25.8. The minimum Gasteiger partial charge on any atom is -0.356 e. The summed E-state index contributed by atoms with van der Waals surface area (Å²) in [6.45, 7) is 14.4. The van der Waals surface area contributed by atoms with Gasteiger partial charge in [0.25, 0.3) is 0 Å². The molecule has 10 nitrogen and oxygen atoms in total. The van der Waals surface area contributed by atoms with Crippen molar-refractivity contribution < 1.29 is 46.5 Å². The third-order valence-corrected chi connectivity index (χ3v) is 9.08. The minimum atomic E-state index is -4.18. The SMILES string of the molecule is CCCCCCCCCC(=O)[Si](OC(C)OC(C)OC)(OC(C)OC(C)OC)OC(C)(CC)OC(C)OC. The molecule has 228 valence electrons. The lowest BCUT2D eigenvalue weighted by Gasteiger charge is -2.41. The fourth-order valence-corrected chi connectivity index (χ4v) is 6.42. The van der Waals surface area contributed by atoms with Gasteiger partial charge in [0.15, 0.2) is 37.2 Å². The van der Waals surface area contributed by atoms with Crippen LogP contribution in [0.5, 0.6) is 0 Å². The number of rotatable bonds is 25. The summed E-state index contributed by atoms with van der Waals surface area (Å²) in [5.74, 6) is -1.24. The number of ether oxygens (including phenoxy) is 6. The second-order valence-corrected chi connectivity index (χ2v) is 12.0. The van der Waals surface area contributed by atoms with Gasteiger partial charge >= 0.3 is 8.80 Å². The van der Waals surface area contributed by atoms with Crippen LogP contribution < -0.4 is 0 Å². The summed E-state index contributed by atoms with van der Waals surface area (Å²) < 4.78 is 52.4. The Kier molecular flexibility index (Phi) is 20.2. The molecule has 0 rings (SSSR count). The van der Waals surface area contributed by atoms with Crippen molar-refractivity contribution in [2.24, 2.45) is 0 Å². The van der Waals surface area contributed by atoms with Gasteiger partial charge in [0, 0.05) is 27.8 Å². The van der Waals surface area contributed by atoms with E-state index in [0.29, 0.717) is 12.8 Å². The van der Waals surface area contributed by atoms with Crippen LogP contribution in [-0.2, 0) is 46.5 Å². The van der Waals surface area contributed by atoms with E-state index >= 15 is 0 Å². The average Bonchev–Trinajstić information content (AvgIpc) is 2.87. The van der Waals surface area contributed by atoms with Gasteiger partial charge in [-0.3, -0.25) is 4.79 Å². The van der Waals surface area contributed by atoms with Crippen molar-refractivity contribution in [3.8, 4) is 0 Å². The molecule has 0 heterocycles. The Balaban J connectivity index is 6.09. The molecule has 0 saturated carbocycles. The smallest absolute Gasteiger partial charge is 0.356 e. The molecule has 0 fully saturated rings. The second kappa shape index (κ2) is 20.4. The number of carbonyl (C=O) groups excluding carboxylic acids is 1. The first-order chi connectivity index (χ1) is 17.9. The average molecular weight is 569 g/mol. The summed E-state index contributed by atoms with van der Waals surface area (Å²) in [5, 5.41) is -0.263. The lowest BCUT2D eigenvalue weighted by Crippen LogP contribution is -2.62. The molecule has 0 saturated heterocycles. The van der Waals surface area contributed by atoms with E-state index < -0.39 is 46.0 Å². The summed E-state index contributed by atoms with van der Waals surface area (Å²) >= 11 is 0. The highest BCUT2D eigenvalue weighted by molar-refractivity contribution is 6.92. The molecule has 0 aromatic rings. The van der Waals surface area contributed by atoms with Gasteiger partial charge < -0.3 is 41.7 Å². The maximum Gasteiger partial charge on any atom is 0.580 e. The number of hydrogen-bond donors (Lipinski definition) is 0. The molecule has 0 amide bonds. The fourth-order valence-electron chi connectivity index (χ4n) is 3.67. The van der Waals surface area contributed by atoms with Gasteiger partial charge in [0.1, 0.15) is 0 Å². The third kappa shape index (κ3) is 15.4. The zero-order chi connectivity index (χ0) is 29.2. The fraction of sp³-hybridized carbons (Fsp3) is 0.963. The van der Waals surface area contributed by atoms with Gasteiger partial charge in [-0.15, -0.1) is 0 Å². The molecule has 0 N–H and O–H groups in total. The van der Waals surface area contributed by atoms with E-state index in [0.717, 1.165) is 19.3 Å². The van der Waals surface area contributed by atoms with E-state index in [9.17, 15) is 4.79 Å². The van der Waals surface area contributed by atoms with Crippen molar-refractivity contribution in [3.63, 3.8) is 0 Å². The summed E-state index contributed by atoms with van der Waals surface area (Å²) in [4.78, 5) is 14.0. The van der Waals surface area contributed by atoms with E-state index in [-0.39, 0.29) is 11.8 Å². The molecule has 0 aromatic heterocycles. The Bertz CT molecular complexity index is 590. The second-order valence-electron chi connectivity index (χ2n) is 9.61. The van der Waals surface area contributed by atoms with Crippen LogP contribution in [0.1, 0.15) is 113 Å². The highest BCUT2D eigenvalue weighted by Gasteiger charge is 2.57. The largest absolute Gasteiger partial charge is 0.580 e. The standard InChI is InChI=1S/C27H56O10Si/c1-12-14-15-16-17-18-19-20-26(28)38(35-24(6)32-21(3)29-9,36-25(7)33-22(4)30-10)37-27(8,13-2)34-23(5)31-11/h21-25H,12-20H2,1-11H3. The Morgan fingerprint density at radius 1 is 0.684 bits per heavy atom. The number of carbonyl (C=O) groups is 1. The normalized spacial score (nSPS) is 19.2. The van der Waals surface area contributed by atoms with Crippen LogP contribution in [-0.4, -0.2) is 72.8 Å². The van der Waals surface area contributed by atoms with Gasteiger partial charge in [-0.2, -0.15) is 0 Å². The van der Waals surface area contributed by atoms with Gasteiger partial charge in [0.05, 0.1) is 0 Å². The van der Waals surface area contributed by atoms with Crippen molar-refractivity contribution in [2.75, 3.05) is 21.3 Å². The van der Waals surface area contributed by atoms with E-state index in [2.05, 4.69) is 6.92 Å². The Morgan fingerprint density at radius 2 is 1.13 bits per heavy atom. The molecular weight excluding hydrogens is 512 g/mol. The van der Waals surface area contributed by atoms with Crippen molar-refractivity contribution in [1.29, 1.82) is 0 Å². The van der Waals surface area contributed by atoms with Crippen LogP contribution in [0, 0.1) is 0 Å². The van der Waals surface area contributed by atoms with Gasteiger partial charge in [-0.05, 0) is 54.4 Å². The number of hydrogen-bond acceptors (Lipinski definition) is 10. The molecule has 38 heavy (non-hydrogen) atoms. The minimum absolute atomic E-state index is 0.235. The van der Waals surface area contributed by atoms with Crippen LogP contribution >= 0.6 is 0 Å². The molecule has 0 bridgehead atoms. The van der Waals surface area contributed by atoms with Crippen molar-refractivity contribution >= 4 is 14.2 Å². The summed E-state index contributed by atoms with van der Waals surface area (Å²) in [6.07, 6.45) is 4.66. The molecule has 6 atom stereocenters. The molecular formula is C27H56O10Si. The molecule has 11 heteroatoms. The molecule has 0 aliphatic carbocycles. The molecule has 0 radical (unpaired) electrons. The summed E-state index contributed by atoms with van der Waals surface area (Å²) in [7, 11) is 0.403. The molecule has 0 spiro atoms. The third-order valence-electron chi connectivity index (χ3n) is 6.16. The lowest BCUT2D eigenvalue weighted by molar-refractivity contribution is -0.289. The van der Waals surface area contributed by atoms with Crippen molar-refractivity contribution in [2.45, 2.75) is 150 Å². The Hall–Kier alpha value is -0.473. The van der Waals surface area contributed by atoms with Gasteiger partial charge in [0.2, 0.25) is 5.41 Å². The highest BCUT2D eigenvalue weighted by Crippen LogP contribution is 2.30. The maximum absolute atomic E-state index is 14.0. The Morgan fingerprint density at radius 3 is 1.55 bits per heavy atom. The lowest BCUT2D eigenvalue weighted by atomic mass is 10.1. The van der Waals surface area contributed by atoms with Crippen LogP contribution in [0.3, 0.4) is 0 Å². The van der Waals surface area contributed by atoms with E-state index in [1.807, 2.05) is 6.92 Å². The Labute approximate surface area is 232 Å². The molecule has 0 aliphatic heterocycles. The van der Waals surface area contributed by atoms with E-state index in [4.69, 9.17) is 41.7 Å². The van der Waals surface area contributed by atoms with Crippen LogP contribution in [0.2, 0.25) is 0 Å². The molecule has 0 aromatic carbocycles. The van der Waals surface area contributed by atoms with E-state index in [1.54, 1.807) is 41.5 Å². The molecule has 6 unspecified atom stereocenters. The number of methoxy groups -OCH3 is 3. The first-order valence-corrected chi connectivity index (χ1v) is 15.8. The first kappa shape index (κ1) is 37.5. The van der Waals surface area contributed by atoms with E-state index in [1.165, 1.54) is 40.6 Å². The summed E-state index contributed by atoms with van der Waals surface area (Å²) in [5.41, 5.74) is 0. The number of unbranched alkanes of at least 4 members (excludes halogenated alkanes) is 6. The van der Waals surface area contributed by atoms with Gasteiger partial charge in [-0.25, -0.2) is 0 Å². The first-order valence-electron chi connectivity index (χ1n) is 14.1.